The summed E-state index contributed by atoms with van der Waals surface area (Å²) in [7, 11) is -1.56. The normalized spacial score (nSPS) is 28.9. The van der Waals surface area contributed by atoms with Crippen LogP contribution in [0, 0.1) is 5.92 Å². The van der Waals surface area contributed by atoms with E-state index < -0.39 is 18.9 Å². The molecule has 1 rings (SSSR count). The van der Waals surface area contributed by atoms with Crippen molar-refractivity contribution in [3.8, 4) is 0 Å². The Bertz CT molecular complexity index is 355. The monoisotopic (exact) mass is 232 g/mol. The predicted octanol–water partition coefficient (Wildman–Crippen LogP) is -0.0103. The number of hydrogen-bond acceptors (Lipinski definition) is 4. The molecule has 0 saturated carbocycles. The maximum Gasteiger partial charge on any atom is 0.232 e. The maximum atomic E-state index is 10.9. The molecule has 0 aromatic rings. The minimum Gasteiger partial charge on any atom is -0.229 e. The van der Waals surface area contributed by atoms with Crippen LogP contribution >= 0.6 is 10.7 Å². The lowest BCUT2D eigenvalue weighted by atomic mass is 10.2. The van der Waals surface area contributed by atoms with Gasteiger partial charge in [-0.2, -0.15) is 0 Å². The first-order valence-electron chi connectivity index (χ1n) is 3.41. The van der Waals surface area contributed by atoms with Gasteiger partial charge in [0.2, 0.25) is 9.05 Å². The van der Waals surface area contributed by atoms with Crippen molar-refractivity contribution in [2.45, 2.75) is 6.42 Å². The lowest BCUT2D eigenvalue weighted by Crippen LogP contribution is -2.13. The second-order valence-corrected chi connectivity index (χ2v) is 8.02. The molecule has 1 heterocycles. The Hall–Kier alpha value is 0.190. The van der Waals surface area contributed by atoms with Crippen LogP contribution in [0.4, 0.5) is 0 Å². The van der Waals surface area contributed by atoms with Crippen molar-refractivity contribution in [3.05, 3.63) is 0 Å². The van der Waals surface area contributed by atoms with Gasteiger partial charge in [-0.05, 0) is 12.3 Å². The second-order valence-electron chi connectivity index (χ2n) is 2.97. The number of halogens is 1. The van der Waals surface area contributed by atoms with Gasteiger partial charge in [-0.3, -0.25) is 0 Å². The van der Waals surface area contributed by atoms with E-state index in [4.69, 9.17) is 10.7 Å². The molecular formula is C5H9ClO4S2. The topological polar surface area (TPSA) is 68.3 Å². The van der Waals surface area contributed by atoms with Gasteiger partial charge < -0.3 is 0 Å². The van der Waals surface area contributed by atoms with Gasteiger partial charge in [0.25, 0.3) is 0 Å². The third-order valence-electron chi connectivity index (χ3n) is 1.76. The van der Waals surface area contributed by atoms with Crippen molar-refractivity contribution >= 4 is 29.6 Å². The highest BCUT2D eigenvalue weighted by atomic mass is 35.7. The smallest absolute Gasteiger partial charge is 0.229 e. The van der Waals surface area contributed by atoms with Crippen LogP contribution in [0.2, 0.25) is 0 Å². The first kappa shape index (κ1) is 10.3. The molecule has 0 aromatic carbocycles. The molecule has 1 fully saturated rings. The molecule has 4 nitrogen and oxygen atoms in total. The Kier molecular flexibility index (Phi) is 2.70. The van der Waals surface area contributed by atoms with E-state index in [1.807, 2.05) is 0 Å². The summed E-state index contributed by atoms with van der Waals surface area (Å²) in [6, 6.07) is 0. The average molecular weight is 233 g/mol. The van der Waals surface area contributed by atoms with Crippen molar-refractivity contribution < 1.29 is 16.8 Å². The van der Waals surface area contributed by atoms with Crippen LogP contribution in [0.25, 0.3) is 0 Å². The molecular weight excluding hydrogens is 224 g/mol. The number of sulfone groups is 1. The highest BCUT2D eigenvalue weighted by Crippen LogP contribution is 2.20. The van der Waals surface area contributed by atoms with E-state index in [2.05, 4.69) is 0 Å². The fraction of sp³-hybridized carbons (Fsp3) is 1.00. The van der Waals surface area contributed by atoms with Gasteiger partial charge >= 0.3 is 0 Å². The third-order valence-corrected chi connectivity index (χ3v) is 4.85. The Morgan fingerprint density at radius 3 is 2.33 bits per heavy atom. The van der Waals surface area contributed by atoms with Crippen LogP contribution in [0.1, 0.15) is 6.42 Å². The molecule has 0 spiro atoms. The molecule has 1 atom stereocenters. The largest absolute Gasteiger partial charge is 0.232 e. The molecule has 7 heteroatoms. The Morgan fingerprint density at radius 1 is 1.42 bits per heavy atom. The second kappa shape index (κ2) is 3.16. The molecule has 0 bridgehead atoms. The van der Waals surface area contributed by atoms with E-state index in [1.165, 1.54) is 0 Å². The van der Waals surface area contributed by atoms with Gasteiger partial charge in [-0.25, -0.2) is 16.8 Å². The van der Waals surface area contributed by atoms with E-state index in [0.29, 0.717) is 6.42 Å². The average Bonchev–Trinajstić information content (AvgIpc) is 2.05. The van der Waals surface area contributed by atoms with Crippen molar-refractivity contribution in [3.63, 3.8) is 0 Å². The zero-order valence-corrected chi connectivity index (χ0v) is 8.62. The Labute approximate surface area is 76.3 Å². The predicted molar refractivity (Wildman–Crippen MR) is 46.4 cm³/mol. The summed E-state index contributed by atoms with van der Waals surface area (Å²) in [4.78, 5) is 0. The molecule has 72 valence electrons. The lowest BCUT2D eigenvalue weighted by Gasteiger charge is -2.01. The van der Waals surface area contributed by atoms with Crippen LogP contribution in [-0.4, -0.2) is 34.1 Å². The Balaban J connectivity index is 2.61. The highest BCUT2D eigenvalue weighted by molar-refractivity contribution is 8.13. The molecule has 1 aliphatic rings. The zero-order valence-electron chi connectivity index (χ0n) is 6.23. The standard InChI is InChI=1S/C5H9ClO4S2/c6-12(9,10)4-5-1-2-11(7,8)3-5/h5H,1-4H2/t5-/m1/s1. The highest BCUT2D eigenvalue weighted by Gasteiger charge is 2.30. The third kappa shape index (κ3) is 3.28. The summed E-state index contributed by atoms with van der Waals surface area (Å²) in [5.74, 6) is -0.492. The fourth-order valence-corrected chi connectivity index (χ4v) is 4.68. The summed E-state index contributed by atoms with van der Waals surface area (Å²) >= 11 is 0. The van der Waals surface area contributed by atoms with Crippen molar-refractivity contribution in [1.29, 1.82) is 0 Å². The van der Waals surface area contributed by atoms with Gasteiger partial charge in [0.05, 0.1) is 17.3 Å². The summed E-state index contributed by atoms with van der Waals surface area (Å²) in [6.45, 7) is 0. The minimum atomic E-state index is -3.55. The van der Waals surface area contributed by atoms with Crippen molar-refractivity contribution in [2.24, 2.45) is 5.92 Å². The summed E-state index contributed by atoms with van der Waals surface area (Å²) in [5.41, 5.74) is 0. The first-order chi connectivity index (χ1) is 5.29. The lowest BCUT2D eigenvalue weighted by molar-refractivity contribution is 0.585. The van der Waals surface area contributed by atoms with E-state index in [1.54, 1.807) is 0 Å². The minimum absolute atomic E-state index is 0.0427. The Morgan fingerprint density at radius 2 is 2.00 bits per heavy atom. The SMILES string of the molecule is O=S(=O)(Cl)C[C@@H]1CCS(=O)(=O)C1. The molecule has 0 aliphatic carbocycles. The van der Waals surface area contributed by atoms with Gasteiger partial charge in [0, 0.05) is 10.7 Å². The molecule has 0 unspecified atom stereocenters. The first-order valence-corrected chi connectivity index (χ1v) is 7.71. The zero-order chi connectivity index (χ0) is 9.41. The van der Waals surface area contributed by atoms with Crippen molar-refractivity contribution in [1.82, 2.24) is 0 Å². The summed E-state index contributed by atoms with van der Waals surface area (Å²) in [6.07, 6.45) is 0.411. The number of rotatable bonds is 2. The van der Waals surface area contributed by atoms with E-state index in [-0.39, 0.29) is 23.2 Å². The van der Waals surface area contributed by atoms with Crippen LogP contribution in [0.15, 0.2) is 0 Å². The van der Waals surface area contributed by atoms with Crippen LogP contribution in [0.3, 0.4) is 0 Å². The molecule has 0 aromatic heterocycles. The van der Waals surface area contributed by atoms with E-state index in [0.717, 1.165) is 0 Å². The molecule has 0 radical (unpaired) electrons. The van der Waals surface area contributed by atoms with Gasteiger partial charge in [-0.15, -0.1) is 0 Å². The van der Waals surface area contributed by atoms with Gasteiger partial charge in [0.1, 0.15) is 0 Å². The quantitative estimate of drug-likeness (QED) is 0.628. The molecule has 0 N–H and O–H groups in total. The van der Waals surface area contributed by atoms with Crippen LogP contribution < -0.4 is 0 Å². The maximum absolute atomic E-state index is 10.9. The fourth-order valence-electron chi connectivity index (χ4n) is 1.28. The molecule has 0 amide bonds. The summed E-state index contributed by atoms with van der Waals surface area (Å²) < 4.78 is 42.9. The van der Waals surface area contributed by atoms with Crippen molar-refractivity contribution in [2.75, 3.05) is 17.3 Å². The molecule has 12 heavy (non-hydrogen) atoms. The number of hydrogen-bond donors (Lipinski definition) is 0. The van der Waals surface area contributed by atoms with Gasteiger partial charge in [0.15, 0.2) is 9.84 Å². The van der Waals surface area contributed by atoms with E-state index in [9.17, 15) is 16.8 Å². The van der Waals surface area contributed by atoms with Gasteiger partial charge in [-0.1, -0.05) is 0 Å². The summed E-state index contributed by atoms with van der Waals surface area (Å²) in [5, 5.41) is 0. The van der Waals surface area contributed by atoms with E-state index >= 15 is 0 Å². The molecule has 1 saturated heterocycles. The van der Waals surface area contributed by atoms with Crippen LogP contribution in [0.5, 0.6) is 0 Å². The molecule has 1 aliphatic heterocycles. The van der Waals surface area contributed by atoms with Crippen LogP contribution in [-0.2, 0) is 18.9 Å².